The highest BCUT2D eigenvalue weighted by Gasteiger charge is 2.09. The second-order valence-corrected chi connectivity index (χ2v) is 11.3. The van der Waals surface area contributed by atoms with Gasteiger partial charge in [0.15, 0.2) is 0 Å². The molecule has 4 N–H and O–H groups in total. The highest BCUT2D eigenvalue weighted by molar-refractivity contribution is 14.1. The van der Waals surface area contributed by atoms with Crippen LogP contribution < -0.4 is 20.9 Å². The summed E-state index contributed by atoms with van der Waals surface area (Å²) in [7, 11) is 3.34. The number of thiazole rings is 2. The minimum absolute atomic E-state index is 0.765. The number of hydrogen-bond acceptors (Lipinski definition) is 8. The molecule has 6 aromatic rings. The Kier molecular flexibility index (Phi) is 7.45. The van der Waals surface area contributed by atoms with Crippen LogP contribution in [0.3, 0.4) is 0 Å². The molecule has 0 saturated heterocycles. The first-order valence-corrected chi connectivity index (χ1v) is 13.9. The standard InChI is InChI=1S/C14H11IN2OS.C14H12N2OS/c1-18-9-3-5-12-13(7-9)19-14(17-12)8-2-4-11(16)10(15)6-8;1-17-11-6-7-12-13(8-11)18-14(16-12)9-2-4-10(15)5-3-9/h2-7H,16H2,1H3;2-8H,15H2,1H3. The fourth-order valence-corrected chi connectivity index (χ4v) is 6.10. The van der Waals surface area contributed by atoms with Gasteiger partial charge in [0.2, 0.25) is 0 Å². The molecule has 9 heteroatoms. The van der Waals surface area contributed by atoms with Crippen LogP contribution in [0.5, 0.6) is 11.5 Å². The number of nitrogen functional groups attached to an aromatic ring is 2. The molecule has 0 fully saturated rings. The lowest BCUT2D eigenvalue weighted by Crippen LogP contribution is -1.88. The third kappa shape index (κ3) is 5.63. The SMILES string of the molecule is COc1ccc2nc(-c3ccc(N)c(I)c3)sc2c1.COc1ccc2nc(-c3ccc(N)cc3)sc2c1. The van der Waals surface area contributed by atoms with E-state index in [1.165, 1.54) is 0 Å². The smallest absolute Gasteiger partial charge is 0.124 e. The van der Waals surface area contributed by atoms with E-state index in [0.29, 0.717) is 0 Å². The van der Waals surface area contributed by atoms with Gasteiger partial charge in [0.1, 0.15) is 21.5 Å². The number of rotatable bonds is 4. The zero-order valence-corrected chi connectivity index (χ0v) is 23.9. The van der Waals surface area contributed by atoms with Crippen LogP contribution in [0, 0.1) is 3.57 Å². The molecule has 6 rings (SSSR count). The van der Waals surface area contributed by atoms with Gasteiger partial charge in [-0.1, -0.05) is 0 Å². The molecule has 0 spiro atoms. The summed E-state index contributed by atoms with van der Waals surface area (Å²) in [6.07, 6.45) is 0. The molecular weight excluding hydrogens is 615 g/mol. The normalized spacial score (nSPS) is 10.8. The zero-order valence-electron chi connectivity index (χ0n) is 20.1. The van der Waals surface area contributed by atoms with Gasteiger partial charge < -0.3 is 20.9 Å². The predicted molar refractivity (Wildman–Crippen MR) is 165 cm³/mol. The number of halogens is 1. The van der Waals surface area contributed by atoms with Crippen LogP contribution in [0.1, 0.15) is 0 Å². The van der Waals surface area contributed by atoms with E-state index in [2.05, 4.69) is 38.6 Å². The van der Waals surface area contributed by atoms with Gasteiger partial charge in [0.25, 0.3) is 0 Å². The van der Waals surface area contributed by atoms with E-state index >= 15 is 0 Å². The summed E-state index contributed by atoms with van der Waals surface area (Å²) in [6.45, 7) is 0. The number of nitrogens with zero attached hydrogens (tertiary/aromatic N) is 2. The number of fused-ring (bicyclic) bond motifs is 2. The van der Waals surface area contributed by atoms with Gasteiger partial charge in [-0.05, 0) is 101 Å². The fourth-order valence-electron chi connectivity index (χ4n) is 3.60. The minimum Gasteiger partial charge on any atom is -0.497 e. The molecule has 37 heavy (non-hydrogen) atoms. The Hall–Kier alpha value is -3.41. The van der Waals surface area contributed by atoms with Crippen molar-refractivity contribution >= 4 is 77.1 Å². The largest absolute Gasteiger partial charge is 0.497 e. The van der Waals surface area contributed by atoms with Crippen molar-refractivity contribution in [3.8, 4) is 32.6 Å². The van der Waals surface area contributed by atoms with E-state index in [0.717, 1.165) is 68.0 Å². The van der Waals surface area contributed by atoms with Crippen molar-refractivity contribution in [3.05, 3.63) is 82.4 Å². The summed E-state index contributed by atoms with van der Waals surface area (Å²) in [6, 6.07) is 25.6. The molecule has 0 saturated carbocycles. The Morgan fingerprint density at radius 2 is 1.16 bits per heavy atom. The number of benzene rings is 4. The third-order valence-electron chi connectivity index (χ3n) is 5.60. The zero-order chi connectivity index (χ0) is 25.9. The maximum Gasteiger partial charge on any atom is 0.124 e. The first-order chi connectivity index (χ1) is 17.9. The second kappa shape index (κ2) is 10.9. The fraction of sp³-hybridized carbons (Fsp3) is 0.0714. The van der Waals surface area contributed by atoms with E-state index in [1.807, 2.05) is 72.8 Å². The lowest BCUT2D eigenvalue weighted by atomic mass is 10.2. The monoisotopic (exact) mass is 638 g/mol. The second-order valence-electron chi connectivity index (χ2n) is 8.06. The number of anilines is 2. The van der Waals surface area contributed by atoms with Crippen molar-refractivity contribution in [2.24, 2.45) is 0 Å². The molecule has 0 aliphatic heterocycles. The van der Waals surface area contributed by atoms with Crippen molar-refractivity contribution in [2.75, 3.05) is 25.7 Å². The Morgan fingerprint density at radius 1 is 0.649 bits per heavy atom. The quantitative estimate of drug-likeness (QED) is 0.152. The summed E-state index contributed by atoms with van der Waals surface area (Å²) in [5.41, 5.74) is 17.3. The summed E-state index contributed by atoms with van der Waals surface area (Å²) in [4.78, 5) is 9.26. The van der Waals surface area contributed by atoms with Crippen molar-refractivity contribution in [1.82, 2.24) is 9.97 Å². The van der Waals surface area contributed by atoms with Crippen LogP contribution in [-0.2, 0) is 0 Å². The van der Waals surface area contributed by atoms with E-state index in [1.54, 1.807) is 36.9 Å². The highest BCUT2D eigenvalue weighted by atomic mass is 127. The van der Waals surface area contributed by atoms with Gasteiger partial charge in [-0.2, -0.15) is 0 Å². The average Bonchev–Trinajstić information content (AvgIpc) is 3.54. The maximum absolute atomic E-state index is 5.84. The number of nitrogens with two attached hydrogens (primary N) is 2. The van der Waals surface area contributed by atoms with Gasteiger partial charge in [0, 0.05) is 26.1 Å². The van der Waals surface area contributed by atoms with E-state index in [-0.39, 0.29) is 0 Å². The molecular formula is C28H23IN4O2S2. The van der Waals surface area contributed by atoms with Crippen molar-refractivity contribution in [2.45, 2.75) is 0 Å². The highest BCUT2D eigenvalue weighted by Crippen LogP contribution is 2.34. The molecule has 0 amide bonds. The maximum atomic E-state index is 5.84. The molecule has 186 valence electrons. The van der Waals surface area contributed by atoms with Gasteiger partial charge in [-0.25, -0.2) is 9.97 Å². The molecule has 2 aromatic heterocycles. The third-order valence-corrected chi connectivity index (χ3v) is 8.66. The van der Waals surface area contributed by atoms with Crippen LogP contribution in [0.4, 0.5) is 11.4 Å². The minimum atomic E-state index is 0.765. The molecule has 0 radical (unpaired) electrons. The molecule has 0 unspecified atom stereocenters. The van der Waals surface area contributed by atoms with Crippen LogP contribution in [0.25, 0.3) is 41.6 Å². The number of ether oxygens (including phenoxy) is 2. The Labute approximate surface area is 236 Å². The molecule has 4 aromatic carbocycles. The molecule has 0 aliphatic carbocycles. The molecule has 6 nitrogen and oxygen atoms in total. The average molecular weight is 639 g/mol. The van der Waals surface area contributed by atoms with E-state index in [9.17, 15) is 0 Å². The number of aromatic nitrogens is 2. The van der Waals surface area contributed by atoms with Crippen molar-refractivity contribution < 1.29 is 9.47 Å². The van der Waals surface area contributed by atoms with Crippen LogP contribution in [0.2, 0.25) is 0 Å². The first-order valence-electron chi connectivity index (χ1n) is 11.2. The van der Waals surface area contributed by atoms with Crippen LogP contribution in [0.15, 0.2) is 78.9 Å². The van der Waals surface area contributed by atoms with E-state index in [4.69, 9.17) is 20.9 Å². The van der Waals surface area contributed by atoms with Crippen LogP contribution >= 0.6 is 45.3 Å². The van der Waals surface area contributed by atoms with Crippen molar-refractivity contribution in [3.63, 3.8) is 0 Å². The van der Waals surface area contributed by atoms with Crippen LogP contribution in [-0.4, -0.2) is 24.2 Å². The Morgan fingerprint density at radius 3 is 1.68 bits per heavy atom. The first kappa shape index (κ1) is 25.2. The lowest BCUT2D eigenvalue weighted by Gasteiger charge is -2.00. The molecule has 0 atom stereocenters. The Balaban J connectivity index is 0.000000152. The van der Waals surface area contributed by atoms with Gasteiger partial charge in [-0.3, -0.25) is 0 Å². The lowest BCUT2D eigenvalue weighted by molar-refractivity contribution is 0.415. The molecule has 0 aliphatic rings. The summed E-state index contributed by atoms with van der Waals surface area (Å²) in [5.74, 6) is 1.71. The van der Waals surface area contributed by atoms with Gasteiger partial charge in [-0.15, -0.1) is 22.7 Å². The van der Waals surface area contributed by atoms with Crippen molar-refractivity contribution in [1.29, 1.82) is 0 Å². The predicted octanol–water partition coefficient (Wildman–Crippen LogP) is 7.71. The summed E-state index contributed by atoms with van der Waals surface area (Å²) < 4.78 is 13.7. The molecule has 0 bridgehead atoms. The van der Waals surface area contributed by atoms with E-state index < -0.39 is 0 Å². The summed E-state index contributed by atoms with van der Waals surface area (Å²) in [5, 5.41) is 2.00. The number of methoxy groups -OCH3 is 2. The summed E-state index contributed by atoms with van der Waals surface area (Å²) >= 11 is 5.55. The Bertz CT molecular complexity index is 1700. The molecule has 2 heterocycles. The topological polar surface area (TPSA) is 96.3 Å². The van der Waals surface area contributed by atoms with Gasteiger partial charge in [0.05, 0.1) is 34.7 Å². The number of hydrogen-bond donors (Lipinski definition) is 2. The van der Waals surface area contributed by atoms with Gasteiger partial charge >= 0.3 is 0 Å².